The molecule has 1 fully saturated rings. The van der Waals surface area contributed by atoms with Crippen LogP contribution in [0.5, 0.6) is 0 Å². The van der Waals surface area contributed by atoms with Crippen molar-refractivity contribution >= 4 is 15.9 Å². The van der Waals surface area contributed by atoms with Crippen LogP contribution in [0.1, 0.15) is 44.6 Å². The van der Waals surface area contributed by atoms with Crippen molar-refractivity contribution in [1.29, 1.82) is 0 Å². The molecule has 0 N–H and O–H groups in total. The first-order chi connectivity index (χ1) is 8.29. The Morgan fingerprint density at radius 2 is 2.18 bits per heavy atom. The van der Waals surface area contributed by atoms with Crippen LogP contribution in [0.4, 0.5) is 0 Å². The third kappa shape index (κ3) is 3.78. The van der Waals surface area contributed by atoms with Gasteiger partial charge in [0.2, 0.25) is 0 Å². The first kappa shape index (κ1) is 13.0. The third-order valence-electron chi connectivity index (χ3n) is 3.59. The summed E-state index contributed by atoms with van der Waals surface area (Å²) >= 11 is 3.44. The van der Waals surface area contributed by atoms with Crippen molar-refractivity contribution in [2.75, 3.05) is 0 Å². The Labute approximate surface area is 112 Å². The molecule has 0 saturated heterocycles. The van der Waals surface area contributed by atoms with Crippen molar-refractivity contribution in [3.05, 3.63) is 28.5 Å². The summed E-state index contributed by atoms with van der Waals surface area (Å²) in [4.78, 5) is 4.16. The monoisotopic (exact) mass is 297 g/mol. The van der Waals surface area contributed by atoms with Gasteiger partial charge in [-0.1, -0.05) is 26.2 Å². The number of pyridine rings is 1. The van der Waals surface area contributed by atoms with Gasteiger partial charge in [-0.05, 0) is 46.3 Å². The zero-order valence-electron chi connectivity index (χ0n) is 10.4. The van der Waals surface area contributed by atoms with Gasteiger partial charge in [0.25, 0.3) is 0 Å². The fraction of sp³-hybridized carbons (Fsp3) is 0.643. The van der Waals surface area contributed by atoms with Crippen molar-refractivity contribution < 1.29 is 4.74 Å². The highest BCUT2D eigenvalue weighted by Crippen LogP contribution is 2.29. The maximum Gasteiger partial charge on any atom is 0.0736 e. The van der Waals surface area contributed by atoms with E-state index in [0.717, 1.165) is 16.0 Å². The maximum atomic E-state index is 6.07. The molecule has 1 aliphatic carbocycles. The number of ether oxygens (including phenoxy) is 1. The number of nitrogens with zero attached hydrogens (tertiary/aromatic N) is 1. The summed E-state index contributed by atoms with van der Waals surface area (Å²) in [5.41, 5.74) is 1.15. The average molecular weight is 298 g/mol. The fourth-order valence-corrected chi connectivity index (χ4v) is 3.01. The van der Waals surface area contributed by atoms with E-state index in [1.807, 2.05) is 6.20 Å². The largest absolute Gasteiger partial charge is 0.373 e. The van der Waals surface area contributed by atoms with Crippen molar-refractivity contribution in [2.24, 2.45) is 5.92 Å². The van der Waals surface area contributed by atoms with Crippen LogP contribution in [0.3, 0.4) is 0 Å². The van der Waals surface area contributed by atoms with E-state index in [4.69, 9.17) is 4.74 Å². The molecule has 1 heterocycles. The van der Waals surface area contributed by atoms with E-state index in [0.29, 0.717) is 12.7 Å². The van der Waals surface area contributed by atoms with Crippen LogP contribution in [0, 0.1) is 5.92 Å². The molecule has 0 amide bonds. The summed E-state index contributed by atoms with van der Waals surface area (Å²) in [6.45, 7) is 2.96. The predicted molar refractivity (Wildman–Crippen MR) is 72.8 cm³/mol. The summed E-state index contributed by atoms with van der Waals surface area (Å²) in [5.74, 6) is 0.754. The Kier molecular flexibility index (Phi) is 4.99. The van der Waals surface area contributed by atoms with E-state index in [2.05, 4.69) is 33.9 Å². The van der Waals surface area contributed by atoms with E-state index in [1.165, 1.54) is 32.1 Å². The second-order valence-electron chi connectivity index (χ2n) is 4.81. The molecule has 2 unspecified atom stereocenters. The first-order valence-electron chi connectivity index (χ1n) is 6.50. The van der Waals surface area contributed by atoms with Gasteiger partial charge in [0.1, 0.15) is 0 Å². The lowest BCUT2D eigenvalue weighted by atomic mass is 9.85. The first-order valence-corrected chi connectivity index (χ1v) is 7.30. The van der Waals surface area contributed by atoms with Crippen LogP contribution in [0.15, 0.2) is 22.9 Å². The third-order valence-corrected chi connectivity index (χ3v) is 4.02. The quantitative estimate of drug-likeness (QED) is 0.825. The summed E-state index contributed by atoms with van der Waals surface area (Å²) in [5, 5.41) is 0. The van der Waals surface area contributed by atoms with Crippen molar-refractivity contribution in [3.63, 3.8) is 0 Å². The number of halogens is 1. The highest BCUT2D eigenvalue weighted by Gasteiger charge is 2.24. The van der Waals surface area contributed by atoms with Crippen LogP contribution in [0.2, 0.25) is 0 Å². The second-order valence-corrected chi connectivity index (χ2v) is 5.73. The molecule has 1 aromatic rings. The lowest BCUT2D eigenvalue weighted by Crippen LogP contribution is -2.27. The van der Waals surface area contributed by atoms with Crippen molar-refractivity contribution in [3.8, 4) is 0 Å². The summed E-state index contributed by atoms with van der Waals surface area (Å²) < 4.78 is 7.09. The van der Waals surface area contributed by atoms with Gasteiger partial charge in [0.15, 0.2) is 0 Å². The molecule has 0 bridgehead atoms. The van der Waals surface area contributed by atoms with E-state index in [-0.39, 0.29) is 0 Å². The van der Waals surface area contributed by atoms with Gasteiger partial charge >= 0.3 is 0 Å². The topological polar surface area (TPSA) is 22.1 Å². The molecular weight excluding hydrogens is 278 g/mol. The molecule has 0 spiro atoms. The van der Waals surface area contributed by atoms with E-state index < -0.39 is 0 Å². The number of rotatable bonds is 4. The highest BCUT2D eigenvalue weighted by molar-refractivity contribution is 9.10. The van der Waals surface area contributed by atoms with Gasteiger partial charge in [0.05, 0.1) is 12.7 Å². The van der Waals surface area contributed by atoms with E-state index in [9.17, 15) is 0 Å². The number of aromatic nitrogens is 1. The maximum absolute atomic E-state index is 6.07. The zero-order chi connectivity index (χ0) is 12.1. The standard InChI is InChI=1S/C14H20BrNO/c1-2-12-5-3-4-6-14(12)17-10-11-7-13(15)9-16-8-11/h7-9,12,14H,2-6,10H2,1H3. The lowest BCUT2D eigenvalue weighted by Gasteiger charge is -2.30. The highest BCUT2D eigenvalue weighted by atomic mass is 79.9. The molecule has 2 rings (SSSR count). The Morgan fingerprint density at radius 3 is 2.94 bits per heavy atom. The van der Waals surface area contributed by atoms with Crippen molar-refractivity contribution in [2.45, 2.75) is 51.7 Å². The Balaban J connectivity index is 1.88. The van der Waals surface area contributed by atoms with Gasteiger partial charge in [-0.25, -0.2) is 0 Å². The SMILES string of the molecule is CCC1CCCCC1OCc1cncc(Br)c1. The number of hydrogen-bond acceptors (Lipinski definition) is 2. The molecule has 1 aliphatic rings. The number of hydrogen-bond donors (Lipinski definition) is 0. The zero-order valence-corrected chi connectivity index (χ0v) is 11.9. The lowest BCUT2D eigenvalue weighted by molar-refractivity contribution is -0.0223. The van der Waals surface area contributed by atoms with Crippen LogP contribution in [-0.2, 0) is 11.3 Å². The molecule has 17 heavy (non-hydrogen) atoms. The molecule has 0 aromatic carbocycles. The molecule has 1 aromatic heterocycles. The van der Waals surface area contributed by atoms with Gasteiger partial charge in [-0.2, -0.15) is 0 Å². The minimum atomic E-state index is 0.452. The van der Waals surface area contributed by atoms with Gasteiger partial charge in [0, 0.05) is 16.9 Å². The van der Waals surface area contributed by atoms with Gasteiger partial charge in [-0.3, -0.25) is 4.98 Å². The Hall–Kier alpha value is -0.410. The smallest absolute Gasteiger partial charge is 0.0736 e. The minimum absolute atomic E-state index is 0.452. The van der Waals surface area contributed by atoms with Crippen LogP contribution < -0.4 is 0 Å². The summed E-state index contributed by atoms with van der Waals surface area (Å²) in [6.07, 6.45) is 10.6. The second kappa shape index (κ2) is 6.50. The van der Waals surface area contributed by atoms with Crippen LogP contribution >= 0.6 is 15.9 Å². The molecule has 3 heteroatoms. The molecule has 2 nitrogen and oxygen atoms in total. The minimum Gasteiger partial charge on any atom is -0.373 e. The normalized spacial score (nSPS) is 24.8. The molecular formula is C14H20BrNO. The predicted octanol–water partition coefficient (Wildman–Crippen LogP) is 4.33. The molecule has 94 valence electrons. The Bertz CT molecular complexity index is 356. The molecule has 0 aliphatic heterocycles. The Morgan fingerprint density at radius 1 is 1.35 bits per heavy atom. The van der Waals surface area contributed by atoms with Gasteiger partial charge < -0.3 is 4.74 Å². The van der Waals surface area contributed by atoms with Gasteiger partial charge in [-0.15, -0.1) is 0 Å². The van der Waals surface area contributed by atoms with E-state index in [1.54, 1.807) is 6.20 Å². The van der Waals surface area contributed by atoms with Crippen LogP contribution in [-0.4, -0.2) is 11.1 Å². The van der Waals surface area contributed by atoms with Crippen LogP contribution in [0.25, 0.3) is 0 Å². The molecule has 0 radical (unpaired) electrons. The van der Waals surface area contributed by atoms with Crippen molar-refractivity contribution in [1.82, 2.24) is 4.98 Å². The fourth-order valence-electron chi connectivity index (χ4n) is 2.60. The molecule has 2 atom stereocenters. The van der Waals surface area contributed by atoms with E-state index >= 15 is 0 Å². The summed E-state index contributed by atoms with van der Waals surface area (Å²) in [6, 6.07) is 2.08. The molecule has 1 saturated carbocycles. The average Bonchev–Trinajstić information content (AvgIpc) is 2.37. The summed E-state index contributed by atoms with van der Waals surface area (Å²) in [7, 11) is 0.